The van der Waals surface area contributed by atoms with Crippen LogP contribution in [-0.2, 0) is 17.8 Å². The number of pyridine rings is 1. The zero-order valence-corrected chi connectivity index (χ0v) is 11.3. The monoisotopic (exact) mass is 267 g/mol. The molecule has 0 spiro atoms. The Balaban J connectivity index is 2.59. The highest BCUT2D eigenvalue weighted by Gasteiger charge is 2.17. The highest BCUT2D eigenvalue weighted by Crippen LogP contribution is 2.25. The molecule has 1 unspecified atom stereocenters. The molecule has 2 aromatic heterocycles. The molecule has 0 aliphatic rings. The quantitative estimate of drug-likeness (QED) is 0.800. The van der Waals surface area contributed by atoms with Crippen LogP contribution in [0.25, 0.3) is 11.3 Å². The first-order valence-electron chi connectivity index (χ1n) is 5.58. The minimum absolute atomic E-state index is 0.508. The molecule has 0 radical (unpaired) electrons. The number of imidazole rings is 1. The van der Waals surface area contributed by atoms with Crippen molar-refractivity contribution in [1.29, 1.82) is 0 Å². The predicted octanol–water partition coefficient (Wildman–Crippen LogP) is 2.06. The van der Waals surface area contributed by atoms with E-state index in [1.165, 1.54) is 12.3 Å². The van der Waals surface area contributed by atoms with Gasteiger partial charge in [-0.2, -0.15) is 4.39 Å². The van der Waals surface area contributed by atoms with Crippen molar-refractivity contribution in [3.8, 4) is 11.3 Å². The summed E-state index contributed by atoms with van der Waals surface area (Å²) in [6.07, 6.45) is 1.41. The second-order valence-corrected chi connectivity index (χ2v) is 5.52. The van der Waals surface area contributed by atoms with Gasteiger partial charge in [-0.1, -0.05) is 6.92 Å². The van der Waals surface area contributed by atoms with Gasteiger partial charge >= 0.3 is 0 Å². The second kappa shape index (κ2) is 4.97. The summed E-state index contributed by atoms with van der Waals surface area (Å²) in [5, 5.41) is 0.516. The maximum absolute atomic E-state index is 13.1. The zero-order valence-electron chi connectivity index (χ0n) is 10.5. The molecule has 1 atom stereocenters. The summed E-state index contributed by atoms with van der Waals surface area (Å²) in [5.41, 5.74) is 2.20. The van der Waals surface area contributed by atoms with Gasteiger partial charge in [0.25, 0.3) is 0 Å². The molecule has 96 valence electrons. The standard InChI is InChI=1S/C12H14FN3OS/c1-4-18(17)12-15-8(2)11(16(12)3)9-5-6-14-10(13)7-9/h5-7H,4H2,1-3H3. The number of hydrogen-bond acceptors (Lipinski definition) is 3. The molecule has 2 heterocycles. The summed E-state index contributed by atoms with van der Waals surface area (Å²) in [6.45, 7) is 3.66. The molecule has 4 nitrogen and oxygen atoms in total. The van der Waals surface area contributed by atoms with Crippen LogP contribution in [-0.4, -0.2) is 24.5 Å². The average Bonchev–Trinajstić information content (AvgIpc) is 2.64. The Bertz CT molecular complexity index is 609. The second-order valence-electron chi connectivity index (χ2n) is 3.89. The van der Waals surface area contributed by atoms with Gasteiger partial charge in [0, 0.05) is 30.6 Å². The normalized spacial score (nSPS) is 12.7. The third-order valence-electron chi connectivity index (χ3n) is 2.69. The van der Waals surface area contributed by atoms with E-state index < -0.39 is 16.7 Å². The molecule has 2 aromatic rings. The molecule has 0 fully saturated rings. The molecule has 0 saturated heterocycles. The van der Waals surface area contributed by atoms with Gasteiger partial charge in [0.2, 0.25) is 5.95 Å². The van der Waals surface area contributed by atoms with Crippen LogP contribution < -0.4 is 0 Å². The number of aryl methyl sites for hydroxylation is 1. The average molecular weight is 267 g/mol. The Morgan fingerprint density at radius 1 is 1.50 bits per heavy atom. The number of halogens is 1. The lowest BCUT2D eigenvalue weighted by molar-refractivity contribution is 0.584. The maximum Gasteiger partial charge on any atom is 0.213 e. The van der Waals surface area contributed by atoms with Crippen LogP contribution in [0.1, 0.15) is 12.6 Å². The first kappa shape index (κ1) is 12.9. The topological polar surface area (TPSA) is 47.8 Å². The lowest BCUT2D eigenvalue weighted by Gasteiger charge is -2.05. The first-order chi connectivity index (χ1) is 8.54. The Labute approximate surface area is 107 Å². The van der Waals surface area contributed by atoms with Crippen LogP contribution in [0.3, 0.4) is 0 Å². The molecular formula is C12H14FN3OS. The molecule has 0 amide bonds. The molecule has 0 bridgehead atoms. The summed E-state index contributed by atoms with van der Waals surface area (Å²) in [6, 6.07) is 3.06. The molecule has 18 heavy (non-hydrogen) atoms. The van der Waals surface area contributed by atoms with Crippen LogP contribution in [0.2, 0.25) is 0 Å². The summed E-state index contributed by atoms with van der Waals surface area (Å²) >= 11 is 0. The van der Waals surface area contributed by atoms with E-state index >= 15 is 0 Å². The van der Waals surface area contributed by atoms with E-state index in [2.05, 4.69) is 9.97 Å². The summed E-state index contributed by atoms with van der Waals surface area (Å²) in [7, 11) is 0.660. The van der Waals surface area contributed by atoms with Gasteiger partial charge in [-0.3, -0.25) is 4.21 Å². The number of hydrogen-bond donors (Lipinski definition) is 0. The Morgan fingerprint density at radius 3 is 2.83 bits per heavy atom. The number of rotatable bonds is 3. The van der Waals surface area contributed by atoms with E-state index in [1.807, 2.05) is 13.8 Å². The van der Waals surface area contributed by atoms with E-state index in [9.17, 15) is 8.60 Å². The third-order valence-corrected chi connectivity index (χ3v) is 3.99. The highest BCUT2D eigenvalue weighted by atomic mass is 32.2. The van der Waals surface area contributed by atoms with Gasteiger partial charge in [-0.25, -0.2) is 9.97 Å². The number of nitrogens with zero attached hydrogens (tertiary/aromatic N) is 3. The van der Waals surface area contributed by atoms with Gasteiger partial charge in [0.15, 0.2) is 5.16 Å². The van der Waals surface area contributed by atoms with Crippen molar-refractivity contribution >= 4 is 10.8 Å². The van der Waals surface area contributed by atoms with Crippen LogP contribution in [0, 0.1) is 12.9 Å². The lowest BCUT2D eigenvalue weighted by Crippen LogP contribution is -2.04. The first-order valence-corrected chi connectivity index (χ1v) is 6.90. The maximum atomic E-state index is 13.1. The van der Waals surface area contributed by atoms with E-state index in [-0.39, 0.29) is 0 Å². The van der Waals surface area contributed by atoms with Crippen molar-refractivity contribution in [2.75, 3.05) is 5.75 Å². The predicted molar refractivity (Wildman–Crippen MR) is 68.1 cm³/mol. The van der Waals surface area contributed by atoms with Gasteiger partial charge in [-0.15, -0.1) is 0 Å². The Kier molecular flexibility index (Phi) is 3.56. The number of aromatic nitrogens is 3. The van der Waals surface area contributed by atoms with E-state index in [0.717, 1.165) is 11.4 Å². The van der Waals surface area contributed by atoms with Crippen molar-refractivity contribution in [3.63, 3.8) is 0 Å². The smallest absolute Gasteiger partial charge is 0.213 e. The minimum Gasteiger partial charge on any atom is -0.320 e. The Hall–Kier alpha value is -1.56. The molecular weight excluding hydrogens is 253 g/mol. The minimum atomic E-state index is -1.13. The molecule has 6 heteroatoms. The summed E-state index contributed by atoms with van der Waals surface area (Å²) in [4.78, 5) is 7.83. The van der Waals surface area contributed by atoms with E-state index in [1.54, 1.807) is 17.7 Å². The van der Waals surface area contributed by atoms with Crippen LogP contribution in [0.15, 0.2) is 23.5 Å². The fraction of sp³-hybridized carbons (Fsp3) is 0.333. The van der Waals surface area contributed by atoms with Crippen LogP contribution in [0.5, 0.6) is 0 Å². The zero-order chi connectivity index (χ0) is 13.3. The van der Waals surface area contributed by atoms with E-state index in [0.29, 0.717) is 16.5 Å². The fourth-order valence-corrected chi connectivity index (χ4v) is 2.79. The van der Waals surface area contributed by atoms with Gasteiger partial charge < -0.3 is 4.57 Å². The molecule has 0 saturated carbocycles. The van der Waals surface area contributed by atoms with Crippen molar-refractivity contribution in [2.45, 2.75) is 19.0 Å². The largest absolute Gasteiger partial charge is 0.320 e. The summed E-state index contributed by atoms with van der Waals surface area (Å²) < 4.78 is 26.7. The molecule has 2 rings (SSSR count). The summed E-state index contributed by atoms with van der Waals surface area (Å²) in [5.74, 6) is -0.0275. The van der Waals surface area contributed by atoms with Gasteiger partial charge in [0.1, 0.15) is 0 Å². The van der Waals surface area contributed by atoms with Gasteiger partial charge in [0.05, 0.1) is 22.2 Å². The van der Waals surface area contributed by atoms with E-state index in [4.69, 9.17) is 0 Å². The van der Waals surface area contributed by atoms with Crippen LogP contribution in [0.4, 0.5) is 4.39 Å². The van der Waals surface area contributed by atoms with Crippen LogP contribution >= 0.6 is 0 Å². The highest BCUT2D eigenvalue weighted by molar-refractivity contribution is 7.84. The van der Waals surface area contributed by atoms with Crippen molar-refractivity contribution in [1.82, 2.24) is 14.5 Å². The molecule has 0 aliphatic carbocycles. The fourth-order valence-electron chi connectivity index (χ4n) is 1.89. The van der Waals surface area contributed by atoms with Gasteiger partial charge in [-0.05, 0) is 13.0 Å². The van der Waals surface area contributed by atoms with Crippen molar-refractivity contribution in [3.05, 3.63) is 30.0 Å². The molecule has 0 aromatic carbocycles. The van der Waals surface area contributed by atoms with Crippen molar-refractivity contribution < 1.29 is 8.60 Å². The SMILES string of the molecule is CCS(=O)c1nc(C)c(-c2ccnc(F)c2)n1C. The van der Waals surface area contributed by atoms with Crippen molar-refractivity contribution in [2.24, 2.45) is 7.05 Å². The molecule has 0 N–H and O–H groups in total. The lowest BCUT2D eigenvalue weighted by atomic mass is 10.1. The Morgan fingerprint density at radius 2 is 2.22 bits per heavy atom. The third kappa shape index (κ3) is 2.20. The molecule has 0 aliphatic heterocycles.